The highest BCUT2D eigenvalue weighted by atomic mass is 32.1. The van der Waals surface area contributed by atoms with Crippen molar-refractivity contribution in [1.29, 1.82) is 0 Å². The molecule has 0 unspecified atom stereocenters. The Balaban J connectivity index is 2.55. The minimum Gasteiger partial charge on any atom is -0.475 e. The maximum absolute atomic E-state index is 10.1. The summed E-state index contributed by atoms with van der Waals surface area (Å²) in [6.07, 6.45) is 1.51. The third kappa shape index (κ3) is 2.20. The second kappa shape index (κ2) is 3.67. The van der Waals surface area contributed by atoms with Gasteiger partial charge in [0.15, 0.2) is 0 Å². The van der Waals surface area contributed by atoms with Crippen molar-refractivity contribution in [2.24, 2.45) is 10.9 Å². The Morgan fingerprint density at radius 2 is 2.58 bits per heavy atom. The van der Waals surface area contributed by atoms with Gasteiger partial charge in [0.25, 0.3) is 0 Å². The summed E-state index contributed by atoms with van der Waals surface area (Å²) in [7, 11) is 0. The van der Waals surface area contributed by atoms with Gasteiger partial charge in [0.2, 0.25) is 5.84 Å². The Kier molecular flexibility index (Phi) is 2.59. The number of aliphatic carboxylic acids is 1. The summed E-state index contributed by atoms with van der Waals surface area (Å²) < 4.78 is 0. The fourth-order valence-corrected chi connectivity index (χ4v) is 0.823. The molecule has 1 aromatic rings. The first-order valence-corrected chi connectivity index (χ1v) is 3.71. The molecule has 3 N–H and O–H groups in total. The molecule has 0 atom stereocenters. The Hall–Kier alpha value is -1.63. The van der Waals surface area contributed by atoms with Crippen molar-refractivity contribution in [3.63, 3.8) is 0 Å². The largest absolute Gasteiger partial charge is 0.475 e. The smallest absolute Gasteiger partial charge is 0.374 e. The molecule has 0 amide bonds. The number of hydrogen-bond donors (Lipinski definition) is 2. The van der Waals surface area contributed by atoms with Gasteiger partial charge in [0.1, 0.15) is 0 Å². The maximum Gasteiger partial charge on any atom is 0.374 e. The second-order valence-electron chi connectivity index (χ2n) is 1.67. The lowest BCUT2D eigenvalue weighted by atomic mass is 10.6. The van der Waals surface area contributed by atoms with E-state index < -0.39 is 11.8 Å². The zero-order valence-electron chi connectivity index (χ0n) is 5.80. The van der Waals surface area contributed by atoms with Gasteiger partial charge >= 0.3 is 11.2 Å². The lowest BCUT2D eigenvalue weighted by Gasteiger charge is -1.91. The molecular formula is C5H5N3O3S. The van der Waals surface area contributed by atoms with Gasteiger partial charge in [-0.05, 0) is 0 Å². The van der Waals surface area contributed by atoms with Crippen LogP contribution >= 0.6 is 11.3 Å². The zero-order valence-corrected chi connectivity index (χ0v) is 6.61. The molecule has 0 saturated heterocycles. The fraction of sp³-hybridized carbons (Fsp3) is 0. The average Bonchev–Trinajstić information content (AvgIpc) is 2.51. The Labute approximate surface area is 71.3 Å². The van der Waals surface area contributed by atoms with E-state index in [1.165, 1.54) is 17.5 Å². The van der Waals surface area contributed by atoms with Crippen LogP contribution in [0, 0.1) is 0 Å². The van der Waals surface area contributed by atoms with E-state index in [0.29, 0.717) is 0 Å². The van der Waals surface area contributed by atoms with Crippen molar-refractivity contribution in [2.75, 3.05) is 0 Å². The summed E-state index contributed by atoms with van der Waals surface area (Å²) in [6, 6.07) is 0. The highest BCUT2D eigenvalue weighted by molar-refractivity contribution is 7.11. The van der Waals surface area contributed by atoms with Gasteiger partial charge in [-0.15, -0.1) is 0 Å². The van der Waals surface area contributed by atoms with Crippen LogP contribution in [0.25, 0.3) is 0 Å². The summed E-state index contributed by atoms with van der Waals surface area (Å²) in [4.78, 5) is 18.4. The van der Waals surface area contributed by atoms with Gasteiger partial charge in [-0.25, -0.2) is 9.78 Å². The summed E-state index contributed by atoms with van der Waals surface area (Å²) >= 11 is 1.19. The molecule has 0 aliphatic rings. The van der Waals surface area contributed by atoms with Gasteiger partial charge in [-0.1, -0.05) is 16.5 Å². The van der Waals surface area contributed by atoms with Crippen molar-refractivity contribution in [3.05, 3.63) is 11.6 Å². The first kappa shape index (κ1) is 8.47. The molecule has 7 heteroatoms. The van der Waals surface area contributed by atoms with Crippen LogP contribution in [-0.4, -0.2) is 21.9 Å². The molecule has 6 nitrogen and oxygen atoms in total. The minimum absolute atomic E-state index is 0.249. The number of nitrogens with two attached hydrogens (primary N) is 1. The third-order valence-corrected chi connectivity index (χ3v) is 1.49. The van der Waals surface area contributed by atoms with Crippen molar-refractivity contribution < 1.29 is 14.7 Å². The molecule has 0 spiro atoms. The summed E-state index contributed by atoms with van der Waals surface area (Å²) in [5, 5.41) is 13.3. The van der Waals surface area contributed by atoms with E-state index in [2.05, 4.69) is 15.0 Å². The van der Waals surface area contributed by atoms with E-state index in [1.807, 2.05) is 0 Å². The number of rotatable bonds is 2. The van der Waals surface area contributed by atoms with Crippen molar-refractivity contribution in [1.82, 2.24) is 4.98 Å². The highest BCUT2D eigenvalue weighted by Gasteiger charge is 2.03. The van der Waals surface area contributed by atoms with Crippen molar-refractivity contribution in [2.45, 2.75) is 0 Å². The molecule has 1 rings (SSSR count). The normalized spacial score (nSPS) is 11.2. The number of aromatic nitrogens is 1. The minimum atomic E-state index is -1.33. The van der Waals surface area contributed by atoms with Crippen LogP contribution in [0.15, 0.2) is 16.7 Å². The quantitative estimate of drug-likeness (QED) is 0.382. The number of oxime groups is 1. The van der Waals surface area contributed by atoms with Crippen LogP contribution in [0.2, 0.25) is 0 Å². The molecule has 0 radical (unpaired) electrons. The van der Waals surface area contributed by atoms with Crippen LogP contribution in [0.5, 0.6) is 5.19 Å². The molecule has 0 bridgehead atoms. The molecule has 64 valence electrons. The van der Waals surface area contributed by atoms with E-state index in [-0.39, 0.29) is 5.19 Å². The SMILES string of the molecule is NC(=NOc1nccs1)C(=O)O. The molecule has 0 aliphatic heterocycles. The molecular weight excluding hydrogens is 182 g/mol. The molecule has 0 fully saturated rings. The Morgan fingerprint density at radius 3 is 3.08 bits per heavy atom. The molecule has 0 aromatic carbocycles. The first-order chi connectivity index (χ1) is 5.70. The number of carboxylic acids is 1. The first-order valence-electron chi connectivity index (χ1n) is 2.83. The number of carbonyl (C=O) groups is 1. The van der Waals surface area contributed by atoms with E-state index in [9.17, 15) is 4.79 Å². The lowest BCUT2D eigenvalue weighted by Crippen LogP contribution is -2.23. The molecule has 12 heavy (non-hydrogen) atoms. The van der Waals surface area contributed by atoms with Gasteiger partial charge < -0.3 is 15.7 Å². The summed E-state index contributed by atoms with van der Waals surface area (Å²) in [6.45, 7) is 0. The lowest BCUT2D eigenvalue weighted by molar-refractivity contribution is -0.129. The Bertz CT molecular complexity index is 295. The van der Waals surface area contributed by atoms with Crippen LogP contribution in [0.4, 0.5) is 0 Å². The Morgan fingerprint density at radius 1 is 1.83 bits per heavy atom. The van der Waals surface area contributed by atoms with Crippen LogP contribution in [0.1, 0.15) is 0 Å². The third-order valence-electron chi connectivity index (χ3n) is 0.851. The van der Waals surface area contributed by atoms with Crippen molar-refractivity contribution >= 4 is 23.1 Å². The maximum atomic E-state index is 10.1. The van der Waals surface area contributed by atoms with Crippen LogP contribution in [0.3, 0.4) is 0 Å². The van der Waals surface area contributed by atoms with Crippen molar-refractivity contribution in [3.8, 4) is 5.19 Å². The van der Waals surface area contributed by atoms with Crippen LogP contribution < -0.4 is 10.6 Å². The highest BCUT2D eigenvalue weighted by Crippen LogP contribution is 2.13. The summed E-state index contributed by atoms with van der Waals surface area (Å²) in [5.74, 6) is -1.93. The van der Waals surface area contributed by atoms with Gasteiger partial charge in [0, 0.05) is 11.6 Å². The monoisotopic (exact) mass is 187 g/mol. The number of nitrogens with zero attached hydrogens (tertiary/aromatic N) is 2. The standard InChI is InChI=1S/C5H5N3O3S/c6-3(4(9)10)8-11-5-7-1-2-12-5/h1-2H,(H2,6,8)(H,9,10). The van der Waals surface area contributed by atoms with E-state index in [0.717, 1.165) is 0 Å². The number of carboxylic acid groups (broad SMARTS) is 1. The zero-order chi connectivity index (χ0) is 8.97. The fourth-order valence-electron chi connectivity index (χ4n) is 0.383. The molecule has 0 aliphatic carbocycles. The van der Waals surface area contributed by atoms with E-state index in [1.54, 1.807) is 5.38 Å². The molecule has 1 aromatic heterocycles. The number of thiazole rings is 1. The number of amidine groups is 1. The van der Waals surface area contributed by atoms with Crippen LogP contribution in [-0.2, 0) is 4.79 Å². The van der Waals surface area contributed by atoms with Gasteiger partial charge in [-0.2, -0.15) is 0 Å². The van der Waals surface area contributed by atoms with Gasteiger partial charge in [-0.3, -0.25) is 0 Å². The molecule has 1 heterocycles. The average molecular weight is 187 g/mol. The topological polar surface area (TPSA) is 97.8 Å². The number of hydrogen-bond acceptors (Lipinski definition) is 5. The predicted molar refractivity (Wildman–Crippen MR) is 42.0 cm³/mol. The van der Waals surface area contributed by atoms with E-state index >= 15 is 0 Å². The molecule has 0 saturated carbocycles. The second-order valence-corrected chi connectivity index (χ2v) is 2.53. The van der Waals surface area contributed by atoms with E-state index in [4.69, 9.17) is 10.8 Å². The van der Waals surface area contributed by atoms with Gasteiger partial charge in [0.05, 0.1) is 0 Å². The summed E-state index contributed by atoms with van der Waals surface area (Å²) in [5.41, 5.74) is 4.94. The predicted octanol–water partition coefficient (Wildman–Crippen LogP) is -0.121.